The second kappa shape index (κ2) is 8.69. The van der Waals surface area contributed by atoms with Crippen molar-refractivity contribution in [2.24, 2.45) is 0 Å². The van der Waals surface area contributed by atoms with E-state index in [9.17, 15) is 4.79 Å². The van der Waals surface area contributed by atoms with Gasteiger partial charge in [-0.1, -0.05) is 12.8 Å². The highest BCUT2D eigenvalue weighted by Crippen LogP contribution is 2.20. The molecule has 1 saturated heterocycles. The number of carbonyl (C=O) groups is 1. The molecule has 0 aromatic heterocycles. The predicted octanol–water partition coefficient (Wildman–Crippen LogP) is 2.53. The maximum atomic E-state index is 11.7. The van der Waals surface area contributed by atoms with Gasteiger partial charge in [0, 0.05) is 24.9 Å². The number of hydrogen-bond acceptors (Lipinski definition) is 3. The van der Waals surface area contributed by atoms with Crippen molar-refractivity contribution in [1.82, 2.24) is 10.6 Å². The average molecular weight is 286 g/mol. The van der Waals surface area contributed by atoms with Crippen molar-refractivity contribution in [3.63, 3.8) is 0 Å². The molecular weight excluding hydrogens is 260 g/mol. The van der Waals surface area contributed by atoms with E-state index in [-0.39, 0.29) is 6.03 Å². The molecule has 2 N–H and O–H groups in total. The van der Waals surface area contributed by atoms with Gasteiger partial charge >= 0.3 is 6.03 Å². The number of ether oxygens (including phenoxy) is 1. The summed E-state index contributed by atoms with van der Waals surface area (Å²) in [6, 6.07) is 0.335. The van der Waals surface area contributed by atoms with Gasteiger partial charge in [-0.2, -0.15) is 11.8 Å². The van der Waals surface area contributed by atoms with E-state index in [1.165, 1.54) is 37.9 Å². The van der Waals surface area contributed by atoms with Gasteiger partial charge in [0.1, 0.15) is 0 Å². The van der Waals surface area contributed by atoms with E-state index in [0.29, 0.717) is 18.7 Å². The molecule has 2 rings (SSSR count). The molecule has 2 aliphatic rings. The number of nitrogens with one attached hydrogen (secondary N) is 2. The first-order valence-electron chi connectivity index (χ1n) is 7.58. The number of rotatable bonds is 6. The highest BCUT2D eigenvalue weighted by molar-refractivity contribution is 7.99. The van der Waals surface area contributed by atoms with Crippen LogP contribution in [0.4, 0.5) is 4.79 Å². The first-order valence-corrected chi connectivity index (χ1v) is 8.74. The fraction of sp³-hybridized carbons (Fsp3) is 0.929. The topological polar surface area (TPSA) is 50.4 Å². The molecule has 0 aromatic carbocycles. The van der Waals surface area contributed by atoms with Gasteiger partial charge in [0.2, 0.25) is 0 Å². The number of amides is 2. The Labute approximate surface area is 120 Å². The zero-order valence-electron chi connectivity index (χ0n) is 11.7. The first-order chi connectivity index (χ1) is 9.34. The molecule has 1 atom stereocenters. The van der Waals surface area contributed by atoms with E-state index in [4.69, 9.17) is 4.74 Å². The molecule has 2 amide bonds. The van der Waals surface area contributed by atoms with Crippen molar-refractivity contribution in [1.29, 1.82) is 0 Å². The SMILES string of the molecule is O=C(NCCCOC1CCCC1)N[C@H]1CCCSC1. The maximum absolute atomic E-state index is 11.7. The summed E-state index contributed by atoms with van der Waals surface area (Å²) in [4.78, 5) is 11.7. The van der Waals surface area contributed by atoms with Crippen molar-refractivity contribution in [2.75, 3.05) is 24.7 Å². The van der Waals surface area contributed by atoms with Crippen molar-refractivity contribution in [2.45, 2.75) is 57.1 Å². The Kier molecular flexibility index (Phi) is 6.85. The maximum Gasteiger partial charge on any atom is 0.315 e. The van der Waals surface area contributed by atoms with E-state index in [2.05, 4.69) is 10.6 Å². The second-order valence-electron chi connectivity index (χ2n) is 5.45. The molecule has 1 saturated carbocycles. The van der Waals surface area contributed by atoms with E-state index in [0.717, 1.165) is 25.2 Å². The minimum atomic E-state index is -0.0200. The number of thioether (sulfide) groups is 1. The molecule has 0 unspecified atom stereocenters. The highest BCUT2D eigenvalue weighted by atomic mass is 32.2. The van der Waals surface area contributed by atoms with Crippen molar-refractivity contribution in [3.8, 4) is 0 Å². The minimum Gasteiger partial charge on any atom is -0.378 e. The molecule has 0 spiro atoms. The van der Waals surface area contributed by atoms with Crippen LogP contribution in [0.1, 0.15) is 44.9 Å². The molecule has 0 radical (unpaired) electrons. The molecule has 1 aliphatic carbocycles. The molecule has 2 fully saturated rings. The van der Waals surface area contributed by atoms with Gasteiger partial charge in [0.05, 0.1) is 6.10 Å². The van der Waals surface area contributed by atoms with Crippen LogP contribution in [-0.2, 0) is 4.74 Å². The Morgan fingerprint density at radius 1 is 1.21 bits per heavy atom. The second-order valence-corrected chi connectivity index (χ2v) is 6.59. The van der Waals surface area contributed by atoms with E-state index in [1.54, 1.807) is 0 Å². The average Bonchev–Trinajstić information content (AvgIpc) is 2.92. The number of urea groups is 1. The van der Waals surface area contributed by atoms with E-state index in [1.807, 2.05) is 11.8 Å². The van der Waals surface area contributed by atoms with Gasteiger partial charge in [-0.3, -0.25) is 0 Å². The van der Waals surface area contributed by atoms with Crippen LogP contribution in [0.25, 0.3) is 0 Å². The summed E-state index contributed by atoms with van der Waals surface area (Å²) in [6.45, 7) is 1.47. The molecule has 1 heterocycles. The summed E-state index contributed by atoms with van der Waals surface area (Å²) in [5, 5.41) is 5.96. The fourth-order valence-electron chi connectivity index (χ4n) is 2.67. The Morgan fingerprint density at radius 3 is 2.79 bits per heavy atom. The molecule has 5 heteroatoms. The van der Waals surface area contributed by atoms with Gasteiger partial charge in [-0.15, -0.1) is 0 Å². The Bertz CT molecular complexity index is 264. The smallest absolute Gasteiger partial charge is 0.315 e. The van der Waals surface area contributed by atoms with Crippen LogP contribution in [0, 0.1) is 0 Å². The number of hydrogen-bond donors (Lipinski definition) is 2. The van der Waals surface area contributed by atoms with Crippen molar-refractivity contribution >= 4 is 17.8 Å². The standard InChI is InChI=1S/C14H26N2O2S/c17-14(16-12-5-3-10-19-11-12)15-8-4-9-18-13-6-1-2-7-13/h12-13H,1-11H2,(H2,15,16,17)/t12-/m0/s1. The van der Waals surface area contributed by atoms with Crippen molar-refractivity contribution < 1.29 is 9.53 Å². The third-order valence-corrected chi connectivity index (χ3v) is 4.97. The summed E-state index contributed by atoms with van der Waals surface area (Å²) >= 11 is 1.93. The lowest BCUT2D eigenvalue weighted by Gasteiger charge is -2.22. The zero-order chi connectivity index (χ0) is 13.3. The van der Waals surface area contributed by atoms with Gasteiger partial charge in [0.25, 0.3) is 0 Å². The van der Waals surface area contributed by atoms with Crippen LogP contribution in [0.5, 0.6) is 0 Å². The highest BCUT2D eigenvalue weighted by Gasteiger charge is 2.16. The molecule has 1 aliphatic heterocycles. The van der Waals surface area contributed by atoms with Crippen LogP contribution in [0.2, 0.25) is 0 Å². The third kappa shape index (κ3) is 6.04. The van der Waals surface area contributed by atoms with Crippen molar-refractivity contribution in [3.05, 3.63) is 0 Å². The van der Waals surface area contributed by atoms with Crippen LogP contribution < -0.4 is 10.6 Å². The normalized spacial score (nSPS) is 24.3. The Hall–Kier alpha value is -0.420. The summed E-state index contributed by atoms with van der Waals surface area (Å²) < 4.78 is 5.76. The predicted molar refractivity (Wildman–Crippen MR) is 79.7 cm³/mol. The first kappa shape index (κ1) is 15.0. The molecule has 4 nitrogen and oxygen atoms in total. The minimum absolute atomic E-state index is 0.0200. The summed E-state index contributed by atoms with van der Waals surface area (Å²) in [5.41, 5.74) is 0. The molecule has 0 bridgehead atoms. The summed E-state index contributed by atoms with van der Waals surface area (Å²) in [5.74, 6) is 2.29. The molecular formula is C14H26N2O2S. The zero-order valence-corrected chi connectivity index (χ0v) is 12.5. The van der Waals surface area contributed by atoms with Gasteiger partial charge in [-0.25, -0.2) is 4.79 Å². The van der Waals surface area contributed by atoms with Gasteiger partial charge in [0.15, 0.2) is 0 Å². The lowest BCUT2D eigenvalue weighted by Crippen LogP contribution is -2.44. The third-order valence-electron chi connectivity index (χ3n) is 3.76. The monoisotopic (exact) mass is 286 g/mol. The summed E-state index contributed by atoms with van der Waals surface area (Å²) in [6.07, 6.45) is 8.77. The Morgan fingerprint density at radius 2 is 2.05 bits per heavy atom. The van der Waals surface area contributed by atoms with Crippen LogP contribution >= 0.6 is 11.8 Å². The molecule has 19 heavy (non-hydrogen) atoms. The Balaban J connectivity index is 1.44. The van der Waals surface area contributed by atoms with Crippen LogP contribution in [-0.4, -0.2) is 42.8 Å². The lowest BCUT2D eigenvalue weighted by atomic mass is 10.2. The lowest BCUT2D eigenvalue weighted by molar-refractivity contribution is 0.0572. The number of carbonyl (C=O) groups excluding carboxylic acids is 1. The van der Waals surface area contributed by atoms with E-state index < -0.39 is 0 Å². The molecule has 110 valence electrons. The summed E-state index contributed by atoms with van der Waals surface area (Å²) in [7, 11) is 0. The fourth-order valence-corrected chi connectivity index (χ4v) is 3.74. The van der Waals surface area contributed by atoms with Gasteiger partial charge < -0.3 is 15.4 Å². The van der Waals surface area contributed by atoms with Gasteiger partial charge in [-0.05, 0) is 37.9 Å². The quantitative estimate of drug-likeness (QED) is 0.738. The van der Waals surface area contributed by atoms with E-state index >= 15 is 0 Å². The molecule has 0 aromatic rings. The van der Waals surface area contributed by atoms with Crippen LogP contribution in [0.3, 0.4) is 0 Å². The largest absolute Gasteiger partial charge is 0.378 e. The van der Waals surface area contributed by atoms with Crippen LogP contribution in [0.15, 0.2) is 0 Å².